The summed E-state index contributed by atoms with van der Waals surface area (Å²) < 4.78 is 44.4. The normalized spacial score (nSPS) is 10.5. The van der Waals surface area contributed by atoms with E-state index in [1.807, 2.05) is 45.0 Å². The Kier molecular flexibility index (Phi) is 17.7. The standard InChI is InChI=1S/C24H17F3N2S.C9H21N.C2H6.CH3NO/c1-3-17-8-9-20(12-22(17)24(25,26)27)19-6-4-15(2)18(11-19)7-5-16-10-21-14-29-30-23(21)28-13-16;1-5-7-10(4)8-6-9(2)3;1-2;2-1-3/h4,6,8-14H,3H2,1-2H3;9H,5-8H2,1-4H3;1-2H3;1H,(H2,2,3). The van der Waals surface area contributed by atoms with Gasteiger partial charge in [0.05, 0.1) is 11.8 Å². The molecule has 0 unspecified atom stereocenters. The molecule has 0 saturated carbocycles. The van der Waals surface area contributed by atoms with E-state index < -0.39 is 11.7 Å². The number of alkyl halides is 3. The minimum Gasteiger partial charge on any atom is -0.372 e. The number of hydrogen-bond acceptors (Lipinski definition) is 5. The molecule has 0 aliphatic heterocycles. The summed E-state index contributed by atoms with van der Waals surface area (Å²) >= 11 is 1.33. The molecule has 0 fully saturated rings. The summed E-state index contributed by atoms with van der Waals surface area (Å²) in [5.41, 5.74) is 7.59. The van der Waals surface area contributed by atoms with Crippen molar-refractivity contribution in [3.63, 3.8) is 0 Å². The van der Waals surface area contributed by atoms with Crippen molar-refractivity contribution in [2.45, 2.75) is 73.9 Å². The molecule has 2 N–H and O–H groups in total. The number of carbonyl (C=O) groups is 1. The molecule has 0 bridgehead atoms. The molecule has 0 radical (unpaired) electrons. The van der Waals surface area contributed by atoms with Crippen molar-refractivity contribution in [1.82, 2.24) is 14.3 Å². The van der Waals surface area contributed by atoms with Gasteiger partial charge in [0.2, 0.25) is 6.41 Å². The molecule has 2 aromatic heterocycles. The molecule has 244 valence electrons. The van der Waals surface area contributed by atoms with Crippen LogP contribution >= 0.6 is 11.5 Å². The highest BCUT2D eigenvalue weighted by Crippen LogP contribution is 2.35. The lowest BCUT2D eigenvalue weighted by molar-refractivity contribution is -0.138. The van der Waals surface area contributed by atoms with Gasteiger partial charge in [-0.1, -0.05) is 77.6 Å². The number of carbonyl (C=O) groups excluding carboxylic acids is 1. The third kappa shape index (κ3) is 13.4. The van der Waals surface area contributed by atoms with Gasteiger partial charge in [-0.05, 0) is 104 Å². The van der Waals surface area contributed by atoms with E-state index in [1.165, 1.54) is 43.5 Å². The average Bonchev–Trinajstić information content (AvgIpc) is 3.49. The van der Waals surface area contributed by atoms with Crippen LogP contribution < -0.4 is 5.73 Å². The number of aryl methyl sites for hydroxylation is 2. The molecule has 2 aromatic carbocycles. The summed E-state index contributed by atoms with van der Waals surface area (Å²) in [6.45, 7) is 16.9. The summed E-state index contributed by atoms with van der Waals surface area (Å²) in [6, 6.07) is 12.0. The summed E-state index contributed by atoms with van der Waals surface area (Å²) in [7, 11) is 2.20. The Labute approximate surface area is 271 Å². The monoisotopic (exact) mass is 640 g/mol. The first-order valence-electron chi connectivity index (χ1n) is 15.3. The van der Waals surface area contributed by atoms with Crippen LogP contribution in [-0.4, -0.2) is 40.8 Å². The third-order valence-electron chi connectivity index (χ3n) is 6.61. The highest BCUT2D eigenvalue weighted by atomic mass is 32.1. The van der Waals surface area contributed by atoms with Gasteiger partial charge in [-0.3, -0.25) is 4.79 Å². The van der Waals surface area contributed by atoms with E-state index in [9.17, 15) is 13.2 Å². The lowest BCUT2D eigenvalue weighted by Gasteiger charge is -2.16. The van der Waals surface area contributed by atoms with Crippen molar-refractivity contribution in [3.05, 3.63) is 82.7 Å². The Morgan fingerprint density at radius 2 is 1.64 bits per heavy atom. The minimum absolute atomic E-state index is 0.250. The number of pyridine rings is 1. The zero-order valence-electron chi connectivity index (χ0n) is 27.8. The molecule has 0 aliphatic rings. The number of rotatable bonds is 7. The fourth-order valence-corrected chi connectivity index (χ4v) is 4.80. The minimum atomic E-state index is -4.38. The first kappa shape index (κ1) is 39.3. The molecular formula is C36H47F3N4OS. The fraction of sp³-hybridized carbons (Fsp3) is 0.417. The van der Waals surface area contributed by atoms with Gasteiger partial charge in [0, 0.05) is 22.7 Å². The van der Waals surface area contributed by atoms with E-state index in [0.29, 0.717) is 23.1 Å². The lowest BCUT2D eigenvalue weighted by Crippen LogP contribution is -2.21. The van der Waals surface area contributed by atoms with Crippen molar-refractivity contribution in [2.75, 3.05) is 20.1 Å². The van der Waals surface area contributed by atoms with E-state index in [-0.39, 0.29) is 6.41 Å². The maximum Gasteiger partial charge on any atom is 0.416 e. The molecular weight excluding hydrogens is 593 g/mol. The number of nitrogens with two attached hydrogens (primary N) is 1. The molecule has 1 amide bonds. The Balaban J connectivity index is 0.000000569. The largest absolute Gasteiger partial charge is 0.416 e. The molecule has 0 atom stereocenters. The molecule has 0 aliphatic carbocycles. The molecule has 4 rings (SSSR count). The maximum absolute atomic E-state index is 13.4. The number of aromatic nitrogens is 2. The lowest BCUT2D eigenvalue weighted by atomic mass is 9.95. The van der Waals surface area contributed by atoms with Crippen LogP contribution in [0.5, 0.6) is 0 Å². The van der Waals surface area contributed by atoms with Crippen LogP contribution in [0.25, 0.3) is 21.3 Å². The summed E-state index contributed by atoms with van der Waals surface area (Å²) in [5.74, 6) is 7.08. The van der Waals surface area contributed by atoms with Crippen molar-refractivity contribution in [1.29, 1.82) is 0 Å². The zero-order valence-corrected chi connectivity index (χ0v) is 28.6. The van der Waals surface area contributed by atoms with Gasteiger partial charge in [0.15, 0.2) is 0 Å². The van der Waals surface area contributed by atoms with Crippen LogP contribution in [0, 0.1) is 24.7 Å². The second kappa shape index (κ2) is 20.3. The number of amides is 1. The first-order valence-corrected chi connectivity index (χ1v) is 16.1. The molecule has 9 heteroatoms. The van der Waals surface area contributed by atoms with Crippen LogP contribution in [0.3, 0.4) is 0 Å². The molecule has 0 saturated heterocycles. The predicted molar refractivity (Wildman–Crippen MR) is 183 cm³/mol. The number of fused-ring (bicyclic) bond motifs is 1. The van der Waals surface area contributed by atoms with Gasteiger partial charge in [0.1, 0.15) is 4.83 Å². The van der Waals surface area contributed by atoms with E-state index in [2.05, 4.69) is 59.7 Å². The number of hydrogen-bond donors (Lipinski definition) is 1. The van der Waals surface area contributed by atoms with Gasteiger partial charge >= 0.3 is 6.18 Å². The molecule has 0 spiro atoms. The van der Waals surface area contributed by atoms with Gasteiger partial charge in [-0.2, -0.15) is 17.5 Å². The fourth-order valence-electron chi connectivity index (χ4n) is 4.22. The summed E-state index contributed by atoms with van der Waals surface area (Å²) in [4.78, 5) is 16.2. The Bertz CT molecular complexity index is 1520. The number of halogens is 3. The Morgan fingerprint density at radius 1 is 1.00 bits per heavy atom. The number of primary amides is 1. The van der Waals surface area contributed by atoms with Crippen molar-refractivity contribution < 1.29 is 18.0 Å². The van der Waals surface area contributed by atoms with E-state index in [4.69, 9.17) is 4.79 Å². The Morgan fingerprint density at radius 3 is 2.24 bits per heavy atom. The Hall–Kier alpha value is -3.74. The van der Waals surface area contributed by atoms with Gasteiger partial charge in [-0.15, -0.1) is 0 Å². The van der Waals surface area contributed by atoms with Crippen molar-refractivity contribution >= 4 is 28.2 Å². The van der Waals surface area contributed by atoms with Crippen molar-refractivity contribution in [3.8, 4) is 23.0 Å². The summed E-state index contributed by atoms with van der Waals surface area (Å²) in [5, 5.41) is 0.938. The summed E-state index contributed by atoms with van der Waals surface area (Å²) in [6.07, 6.45) is 2.26. The molecule has 5 nitrogen and oxygen atoms in total. The van der Waals surface area contributed by atoms with Crippen LogP contribution in [0.2, 0.25) is 0 Å². The number of nitrogens with zero attached hydrogens (tertiary/aromatic N) is 3. The second-order valence-corrected chi connectivity index (χ2v) is 11.3. The molecule has 2 heterocycles. The first-order chi connectivity index (χ1) is 21.4. The SMILES string of the molecule is CC.CCCN(C)CCC(C)C.CCc1ccc(-c2ccc(C)c(C#Cc3cnc4sncc4c3)c2)cc1C(F)(F)F.NC=O. The molecule has 4 aromatic rings. The highest BCUT2D eigenvalue weighted by Gasteiger charge is 2.33. The topological polar surface area (TPSA) is 72.1 Å². The zero-order chi connectivity index (χ0) is 34.0. The third-order valence-corrected chi connectivity index (χ3v) is 7.34. The second-order valence-electron chi connectivity index (χ2n) is 10.6. The van der Waals surface area contributed by atoms with Crippen LogP contribution in [-0.2, 0) is 17.4 Å². The quantitative estimate of drug-likeness (QED) is 0.162. The van der Waals surface area contributed by atoms with Crippen LogP contribution in [0.15, 0.2) is 54.9 Å². The van der Waals surface area contributed by atoms with E-state index in [0.717, 1.165) is 32.8 Å². The maximum atomic E-state index is 13.4. The number of benzene rings is 2. The van der Waals surface area contributed by atoms with Crippen molar-refractivity contribution in [2.24, 2.45) is 11.7 Å². The van der Waals surface area contributed by atoms with Crippen LogP contribution in [0.4, 0.5) is 13.2 Å². The van der Waals surface area contributed by atoms with Gasteiger partial charge in [-0.25, -0.2) is 4.98 Å². The molecule has 45 heavy (non-hydrogen) atoms. The van der Waals surface area contributed by atoms with E-state index in [1.54, 1.807) is 31.5 Å². The van der Waals surface area contributed by atoms with Crippen LogP contribution in [0.1, 0.15) is 82.2 Å². The smallest absolute Gasteiger partial charge is 0.372 e. The predicted octanol–water partition coefficient (Wildman–Crippen LogP) is 9.15. The highest BCUT2D eigenvalue weighted by molar-refractivity contribution is 7.12. The van der Waals surface area contributed by atoms with E-state index >= 15 is 0 Å². The van der Waals surface area contributed by atoms with Gasteiger partial charge in [0.25, 0.3) is 0 Å². The average molecular weight is 641 g/mol. The van der Waals surface area contributed by atoms with Gasteiger partial charge < -0.3 is 10.6 Å².